The fourth-order valence-electron chi connectivity index (χ4n) is 9.04. The Balaban J connectivity index is 1.22. The summed E-state index contributed by atoms with van der Waals surface area (Å²) in [6.07, 6.45) is -1.56. The van der Waals surface area contributed by atoms with Crippen LogP contribution in [0.5, 0.6) is 0 Å². The summed E-state index contributed by atoms with van der Waals surface area (Å²) in [5, 5.41) is 22.7. The van der Waals surface area contributed by atoms with Gasteiger partial charge in [0.05, 0.1) is 58.0 Å². The molecule has 11 atom stereocenters. The van der Waals surface area contributed by atoms with E-state index >= 15 is 0 Å². The minimum absolute atomic E-state index is 0.0268. The first-order valence-corrected chi connectivity index (χ1v) is 19.9. The Bertz CT molecular complexity index is 1440. The molecule has 1 aromatic carbocycles. The third kappa shape index (κ3) is 8.38. The molecule has 4 aliphatic heterocycles. The van der Waals surface area contributed by atoms with Gasteiger partial charge in [0.25, 0.3) is 5.60 Å². The standard InChI is InChI=1S/C40H60BrF3O9/c1-33(2,46)27(50-32(45)39(48-9,40(42,43)44)25-13-11-10-12-14-25)18-21-35(5,47)28-19-23-37(7,51-28)31-16-15-29-36(6,52-31)24-20-30(49-29)38(8)22-17-26(41)34(3,4)53-38/h10-14,26-31,46-47H,15-24H2,1-9H3/t26-,27+,28+,29-,30-,31-,35-,36+,37-,38+,39-/m1/s1. The monoisotopic (exact) mass is 820 g/mol. The molecule has 5 rings (SSSR count). The molecule has 0 radical (unpaired) electrons. The Kier molecular flexibility index (Phi) is 12.0. The lowest BCUT2D eigenvalue weighted by molar-refractivity contribution is -0.304. The van der Waals surface area contributed by atoms with Gasteiger partial charge in [-0.05, 0) is 120 Å². The highest BCUT2D eigenvalue weighted by Gasteiger charge is 2.65. The van der Waals surface area contributed by atoms with Crippen LogP contribution in [0, 0.1) is 0 Å². The Labute approximate surface area is 321 Å². The van der Waals surface area contributed by atoms with Crippen molar-refractivity contribution in [3.63, 3.8) is 0 Å². The summed E-state index contributed by atoms with van der Waals surface area (Å²) in [6.45, 7) is 14.8. The molecule has 4 saturated heterocycles. The van der Waals surface area contributed by atoms with Gasteiger partial charge in [0, 0.05) is 17.5 Å². The van der Waals surface area contributed by atoms with E-state index in [1.165, 1.54) is 32.0 Å². The molecule has 0 saturated carbocycles. The average molecular weight is 822 g/mol. The number of alkyl halides is 4. The Morgan fingerprint density at radius 2 is 1.43 bits per heavy atom. The molecule has 302 valence electrons. The van der Waals surface area contributed by atoms with Crippen LogP contribution in [-0.4, -0.2) is 98.4 Å². The highest BCUT2D eigenvalue weighted by Crippen LogP contribution is 2.51. The number of benzene rings is 1. The van der Waals surface area contributed by atoms with Gasteiger partial charge in [-0.15, -0.1) is 0 Å². The number of hydrogen-bond donors (Lipinski definition) is 2. The lowest BCUT2D eigenvalue weighted by atomic mass is 9.75. The summed E-state index contributed by atoms with van der Waals surface area (Å²) in [4.78, 5) is 13.7. The highest BCUT2D eigenvalue weighted by atomic mass is 79.9. The minimum Gasteiger partial charge on any atom is -0.457 e. The number of fused-ring (bicyclic) bond motifs is 1. The third-order valence-electron chi connectivity index (χ3n) is 12.7. The molecule has 4 aliphatic rings. The Hall–Kier alpha value is -1.32. The Morgan fingerprint density at radius 3 is 2.02 bits per heavy atom. The average Bonchev–Trinajstić information content (AvgIpc) is 3.48. The summed E-state index contributed by atoms with van der Waals surface area (Å²) in [5.41, 5.74) is -8.97. The van der Waals surface area contributed by atoms with Crippen LogP contribution >= 0.6 is 15.9 Å². The van der Waals surface area contributed by atoms with Crippen molar-refractivity contribution in [3.05, 3.63) is 35.9 Å². The van der Waals surface area contributed by atoms with Crippen LogP contribution in [0.2, 0.25) is 0 Å². The van der Waals surface area contributed by atoms with Gasteiger partial charge in [-0.3, -0.25) is 0 Å². The second kappa shape index (κ2) is 14.9. The number of carbonyl (C=O) groups is 1. The zero-order valence-electron chi connectivity index (χ0n) is 32.7. The molecule has 0 amide bonds. The molecule has 13 heteroatoms. The fourth-order valence-corrected chi connectivity index (χ4v) is 9.36. The van der Waals surface area contributed by atoms with Crippen LogP contribution in [0.1, 0.15) is 125 Å². The largest absolute Gasteiger partial charge is 0.457 e. The molecule has 53 heavy (non-hydrogen) atoms. The van der Waals surface area contributed by atoms with E-state index in [2.05, 4.69) is 43.6 Å². The molecule has 4 heterocycles. The number of hydrogen-bond acceptors (Lipinski definition) is 9. The molecular formula is C40H60BrF3O9. The van der Waals surface area contributed by atoms with E-state index < -0.39 is 57.9 Å². The number of ether oxygens (including phenoxy) is 6. The first kappa shape index (κ1) is 42.8. The second-order valence-electron chi connectivity index (χ2n) is 17.8. The maximum absolute atomic E-state index is 14.6. The van der Waals surface area contributed by atoms with Gasteiger partial charge in [0.2, 0.25) is 0 Å². The van der Waals surface area contributed by atoms with Crippen LogP contribution in [0.25, 0.3) is 0 Å². The maximum Gasteiger partial charge on any atom is 0.432 e. The molecule has 2 N–H and O–H groups in total. The first-order valence-electron chi connectivity index (χ1n) is 19.0. The number of halogens is 4. The van der Waals surface area contributed by atoms with E-state index in [1.54, 1.807) is 6.92 Å². The van der Waals surface area contributed by atoms with Crippen molar-refractivity contribution in [2.75, 3.05) is 7.11 Å². The van der Waals surface area contributed by atoms with Crippen LogP contribution in [0.4, 0.5) is 13.2 Å². The minimum atomic E-state index is -5.17. The number of aliphatic hydroxyl groups is 2. The number of esters is 1. The van der Waals surface area contributed by atoms with Crippen molar-refractivity contribution in [1.29, 1.82) is 0 Å². The first-order chi connectivity index (χ1) is 24.3. The zero-order valence-corrected chi connectivity index (χ0v) is 34.3. The molecular weight excluding hydrogens is 761 g/mol. The van der Waals surface area contributed by atoms with Gasteiger partial charge >= 0.3 is 12.1 Å². The highest BCUT2D eigenvalue weighted by molar-refractivity contribution is 9.09. The quantitative estimate of drug-likeness (QED) is 0.170. The summed E-state index contributed by atoms with van der Waals surface area (Å²) < 4.78 is 81.0. The van der Waals surface area contributed by atoms with Gasteiger partial charge in [-0.25, -0.2) is 4.79 Å². The lowest BCUT2D eigenvalue weighted by Gasteiger charge is -2.56. The van der Waals surface area contributed by atoms with E-state index in [0.29, 0.717) is 19.3 Å². The summed E-state index contributed by atoms with van der Waals surface area (Å²) in [5.74, 6) is -1.70. The topological polar surface area (TPSA) is 113 Å². The van der Waals surface area contributed by atoms with Crippen molar-refractivity contribution in [2.45, 2.75) is 200 Å². The van der Waals surface area contributed by atoms with Gasteiger partial charge in [-0.1, -0.05) is 46.3 Å². The van der Waals surface area contributed by atoms with Crippen LogP contribution in [0.15, 0.2) is 30.3 Å². The molecule has 0 spiro atoms. The van der Waals surface area contributed by atoms with Crippen LogP contribution in [-0.2, 0) is 38.8 Å². The molecule has 0 aliphatic carbocycles. The van der Waals surface area contributed by atoms with Crippen molar-refractivity contribution in [1.82, 2.24) is 0 Å². The van der Waals surface area contributed by atoms with Crippen LogP contribution in [0.3, 0.4) is 0 Å². The van der Waals surface area contributed by atoms with Crippen molar-refractivity contribution >= 4 is 21.9 Å². The van der Waals surface area contributed by atoms with Crippen LogP contribution < -0.4 is 0 Å². The predicted octanol–water partition coefficient (Wildman–Crippen LogP) is 7.84. The van der Waals surface area contributed by atoms with Crippen molar-refractivity contribution in [2.24, 2.45) is 0 Å². The van der Waals surface area contributed by atoms with Gasteiger partial charge < -0.3 is 38.6 Å². The Morgan fingerprint density at radius 1 is 0.868 bits per heavy atom. The van der Waals surface area contributed by atoms with Crippen molar-refractivity contribution < 1.29 is 56.6 Å². The van der Waals surface area contributed by atoms with E-state index in [1.807, 2.05) is 6.92 Å². The second-order valence-corrected chi connectivity index (χ2v) is 18.9. The van der Waals surface area contributed by atoms with Gasteiger partial charge in [0.15, 0.2) is 0 Å². The molecule has 0 aromatic heterocycles. The summed E-state index contributed by atoms with van der Waals surface area (Å²) in [6, 6.07) is 6.53. The van der Waals surface area contributed by atoms with Gasteiger partial charge in [-0.2, -0.15) is 13.2 Å². The number of methoxy groups -OCH3 is 1. The normalized spacial score (nSPS) is 37.9. The smallest absolute Gasteiger partial charge is 0.432 e. The van der Waals surface area contributed by atoms with E-state index in [9.17, 15) is 28.2 Å². The number of carbonyl (C=O) groups excluding carboxylic acids is 1. The predicted molar refractivity (Wildman–Crippen MR) is 196 cm³/mol. The summed E-state index contributed by atoms with van der Waals surface area (Å²) in [7, 11) is 0.792. The molecule has 1 aromatic rings. The molecule has 4 fully saturated rings. The third-order valence-corrected chi connectivity index (χ3v) is 14.2. The van der Waals surface area contributed by atoms with Crippen molar-refractivity contribution in [3.8, 4) is 0 Å². The van der Waals surface area contributed by atoms with Gasteiger partial charge in [0.1, 0.15) is 6.10 Å². The lowest BCUT2D eigenvalue weighted by Crippen LogP contribution is -2.63. The zero-order chi connectivity index (χ0) is 39.5. The fraction of sp³-hybridized carbons (Fsp3) is 0.825. The maximum atomic E-state index is 14.6. The van der Waals surface area contributed by atoms with E-state index in [-0.39, 0.29) is 47.2 Å². The van der Waals surface area contributed by atoms with E-state index in [4.69, 9.17) is 28.4 Å². The molecule has 0 unspecified atom stereocenters. The number of rotatable bonds is 11. The SMILES string of the molecule is CO[C@@](C(=O)O[C@@H](CC[C@@](C)(O)[C@@H]1CC[C@](C)([C@H]2CC[C@H]3O[C@@H]([C@]4(C)CC[C@@H](Br)C(C)(C)O4)CC[C@]3(C)O2)O1)C(C)(C)O)(c1ccccc1)C(F)(F)F. The molecule has 9 nitrogen and oxygen atoms in total. The molecule has 0 bridgehead atoms. The van der Waals surface area contributed by atoms with E-state index in [0.717, 1.165) is 51.3 Å². The summed E-state index contributed by atoms with van der Waals surface area (Å²) >= 11 is 3.78.